The molecule has 3 aromatic rings. The SMILES string of the molecule is CCOc1cccc(F)c1CN1CCN(C(=O)C(N)C2CCN(CCc3cc(Cl)ccc3-c3ccccc3Cl)CC2)CC1. The average molecular weight is 628 g/mol. The number of ether oxygens (including phenoxy) is 1. The molecule has 0 bridgehead atoms. The van der Waals surface area contributed by atoms with Gasteiger partial charge in [-0.05, 0) is 86.7 Å². The summed E-state index contributed by atoms with van der Waals surface area (Å²) in [6.07, 6.45) is 2.65. The maximum absolute atomic E-state index is 14.5. The average Bonchev–Trinajstić information content (AvgIpc) is 3.02. The minimum absolute atomic E-state index is 0.0299. The molecule has 0 aromatic heterocycles. The molecule has 2 heterocycles. The maximum Gasteiger partial charge on any atom is 0.239 e. The molecule has 3 aromatic carbocycles. The number of piperazine rings is 1. The Labute approximate surface area is 264 Å². The van der Waals surface area contributed by atoms with Gasteiger partial charge in [-0.25, -0.2) is 4.39 Å². The van der Waals surface area contributed by atoms with Gasteiger partial charge in [-0.1, -0.05) is 53.5 Å². The van der Waals surface area contributed by atoms with Gasteiger partial charge >= 0.3 is 0 Å². The number of carbonyl (C=O) groups excluding carboxylic acids is 1. The minimum Gasteiger partial charge on any atom is -0.493 e. The van der Waals surface area contributed by atoms with E-state index < -0.39 is 6.04 Å². The number of halogens is 3. The molecule has 9 heteroatoms. The van der Waals surface area contributed by atoms with Crippen LogP contribution in [0.1, 0.15) is 30.9 Å². The zero-order valence-electron chi connectivity index (χ0n) is 24.8. The summed E-state index contributed by atoms with van der Waals surface area (Å²) in [5.41, 5.74) is 10.4. The van der Waals surface area contributed by atoms with E-state index in [2.05, 4.69) is 9.80 Å². The molecule has 0 radical (unpaired) electrons. The lowest BCUT2D eigenvalue weighted by molar-refractivity contribution is -0.136. The normalized spacial score (nSPS) is 17.7. The van der Waals surface area contributed by atoms with Gasteiger partial charge in [0, 0.05) is 60.4 Å². The number of nitrogens with two attached hydrogens (primary N) is 1. The smallest absolute Gasteiger partial charge is 0.239 e. The first-order valence-electron chi connectivity index (χ1n) is 15.3. The minimum atomic E-state index is -0.496. The Bertz CT molecular complexity index is 1390. The molecule has 2 saturated heterocycles. The Morgan fingerprint density at radius 3 is 2.42 bits per heavy atom. The van der Waals surface area contributed by atoms with Crippen molar-refractivity contribution in [3.8, 4) is 16.9 Å². The molecule has 2 fully saturated rings. The summed E-state index contributed by atoms with van der Waals surface area (Å²) in [7, 11) is 0. The Balaban J connectivity index is 1.09. The fraction of sp³-hybridized carbons (Fsp3) is 0.441. The number of likely N-dealkylation sites (tertiary alicyclic amines) is 1. The van der Waals surface area contributed by atoms with Crippen molar-refractivity contribution in [2.24, 2.45) is 11.7 Å². The van der Waals surface area contributed by atoms with Crippen LogP contribution in [0.25, 0.3) is 11.1 Å². The number of carbonyl (C=O) groups is 1. The van der Waals surface area contributed by atoms with Gasteiger partial charge in [0.05, 0.1) is 12.6 Å². The first-order chi connectivity index (χ1) is 20.8. The molecule has 43 heavy (non-hydrogen) atoms. The summed E-state index contributed by atoms with van der Waals surface area (Å²) in [5, 5.41) is 1.45. The van der Waals surface area contributed by atoms with Crippen molar-refractivity contribution in [3.63, 3.8) is 0 Å². The van der Waals surface area contributed by atoms with Crippen LogP contribution in [0.15, 0.2) is 60.7 Å². The van der Waals surface area contributed by atoms with Crippen LogP contribution in [0.5, 0.6) is 5.75 Å². The lowest BCUT2D eigenvalue weighted by Crippen LogP contribution is -2.55. The van der Waals surface area contributed by atoms with Gasteiger partial charge in [0.25, 0.3) is 0 Å². The van der Waals surface area contributed by atoms with Crippen molar-refractivity contribution in [1.29, 1.82) is 0 Å². The van der Waals surface area contributed by atoms with Crippen LogP contribution in [0, 0.1) is 11.7 Å². The molecule has 1 unspecified atom stereocenters. The summed E-state index contributed by atoms with van der Waals surface area (Å²) in [5.74, 6) is 0.524. The Morgan fingerprint density at radius 1 is 0.953 bits per heavy atom. The standard InChI is InChI=1S/C34H41Cl2FN4O2/c1-2-43-32-9-5-8-31(37)29(32)23-40-18-20-41(21-19-40)34(42)33(38)24-12-15-39(16-13-24)17-14-25-22-26(35)10-11-27(25)28-6-3-4-7-30(28)36/h3-11,22,24,33H,2,12-21,23,38H2,1H3. The molecule has 230 valence electrons. The molecule has 0 saturated carbocycles. The van der Waals surface area contributed by atoms with Gasteiger partial charge in [0.1, 0.15) is 11.6 Å². The fourth-order valence-electron chi connectivity index (χ4n) is 6.27. The van der Waals surface area contributed by atoms with Crippen molar-refractivity contribution in [2.45, 2.75) is 38.8 Å². The van der Waals surface area contributed by atoms with E-state index in [1.165, 1.54) is 11.6 Å². The zero-order valence-corrected chi connectivity index (χ0v) is 26.3. The predicted octanol–water partition coefficient (Wildman–Crippen LogP) is 6.12. The van der Waals surface area contributed by atoms with Crippen LogP contribution in [0.4, 0.5) is 4.39 Å². The largest absolute Gasteiger partial charge is 0.493 e. The monoisotopic (exact) mass is 626 g/mol. The van der Waals surface area contributed by atoms with Crippen molar-refractivity contribution in [3.05, 3.63) is 87.7 Å². The summed E-state index contributed by atoms with van der Waals surface area (Å²) in [6, 6.07) is 18.3. The highest BCUT2D eigenvalue weighted by Crippen LogP contribution is 2.33. The van der Waals surface area contributed by atoms with Gasteiger partial charge in [0.2, 0.25) is 5.91 Å². The molecule has 1 amide bonds. The second-order valence-corrected chi connectivity index (χ2v) is 12.3. The molecular formula is C34H41Cl2FN4O2. The van der Waals surface area contributed by atoms with Crippen molar-refractivity contribution >= 4 is 29.1 Å². The van der Waals surface area contributed by atoms with Crippen molar-refractivity contribution < 1.29 is 13.9 Å². The fourth-order valence-corrected chi connectivity index (χ4v) is 6.70. The first-order valence-corrected chi connectivity index (χ1v) is 16.0. The second kappa shape index (κ2) is 14.9. The predicted molar refractivity (Wildman–Crippen MR) is 172 cm³/mol. The molecule has 2 aliphatic rings. The summed E-state index contributed by atoms with van der Waals surface area (Å²) >= 11 is 12.9. The Kier molecular flexibility index (Phi) is 11.0. The van der Waals surface area contributed by atoms with Crippen molar-refractivity contribution in [2.75, 3.05) is 52.4 Å². The third-order valence-electron chi connectivity index (χ3n) is 8.80. The summed E-state index contributed by atoms with van der Waals surface area (Å²) in [4.78, 5) is 19.8. The summed E-state index contributed by atoms with van der Waals surface area (Å²) in [6.45, 7) is 8.11. The topological polar surface area (TPSA) is 62.0 Å². The van der Waals surface area contributed by atoms with Crippen LogP contribution in [0.3, 0.4) is 0 Å². The molecule has 6 nitrogen and oxygen atoms in total. The summed E-state index contributed by atoms with van der Waals surface area (Å²) < 4.78 is 20.2. The Morgan fingerprint density at radius 2 is 1.70 bits per heavy atom. The van der Waals surface area contributed by atoms with Crippen LogP contribution < -0.4 is 10.5 Å². The first kappa shape index (κ1) is 31.7. The molecular weight excluding hydrogens is 586 g/mol. The number of rotatable bonds is 10. The van der Waals surface area contributed by atoms with Gasteiger partial charge in [0.15, 0.2) is 0 Å². The number of hydrogen-bond donors (Lipinski definition) is 1. The van der Waals surface area contributed by atoms with Gasteiger partial charge < -0.3 is 20.3 Å². The Hall–Kier alpha value is -2.68. The molecule has 0 aliphatic carbocycles. The van der Waals surface area contributed by atoms with E-state index in [1.54, 1.807) is 12.1 Å². The maximum atomic E-state index is 14.5. The van der Waals surface area contributed by atoms with Crippen molar-refractivity contribution in [1.82, 2.24) is 14.7 Å². The third kappa shape index (κ3) is 7.89. The quantitative estimate of drug-likeness (QED) is 0.294. The third-order valence-corrected chi connectivity index (χ3v) is 9.36. The zero-order chi connectivity index (χ0) is 30.3. The number of benzene rings is 3. The van der Waals surface area contributed by atoms with Crippen LogP contribution in [0.2, 0.25) is 10.0 Å². The molecule has 0 spiro atoms. The van der Waals surface area contributed by atoms with Gasteiger partial charge in [-0.15, -0.1) is 0 Å². The van der Waals surface area contributed by atoms with Gasteiger partial charge in [-0.3, -0.25) is 9.69 Å². The second-order valence-electron chi connectivity index (χ2n) is 11.5. The number of piperidine rings is 1. The number of hydrogen-bond acceptors (Lipinski definition) is 5. The molecule has 2 N–H and O–H groups in total. The highest BCUT2D eigenvalue weighted by molar-refractivity contribution is 6.33. The number of amides is 1. The molecule has 2 aliphatic heterocycles. The van der Waals surface area contributed by atoms with E-state index in [0.717, 1.165) is 60.1 Å². The van der Waals surface area contributed by atoms with Crippen LogP contribution in [-0.2, 0) is 17.8 Å². The van der Waals surface area contributed by atoms with Crippen LogP contribution >= 0.6 is 23.2 Å². The highest BCUT2D eigenvalue weighted by Gasteiger charge is 2.33. The van der Waals surface area contributed by atoms with Crippen LogP contribution in [-0.4, -0.2) is 79.1 Å². The lowest BCUT2D eigenvalue weighted by atomic mass is 9.88. The van der Waals surface area contributed by atoms with Gasteiger partial charge in [-0.2, -0.15) is 0 Å². The van der Waals surface area contributed by atoms with E-state index in [4.69, 9.17) is 33.7 Å². The van der Waals surface area contributed by atoms with E-state index in [9.17, 15) is 9.18 Å². The highest BCUT2D eigenvalue weighted by atomic mass is 35.5. The van der Waals surface area contributed by atoms with E-state index >= 15 is 0 Å². The van der Waals surface area contributed by atoms with E-state index in [1.807, 2.05) is 54.3 Å². The molecule has 1 atom stereocenters. The van der Waals surface area contributed by atoms with E-state index in [-0.39, 0.29) is 17.6 Å². The van der Waals surface area contributed by atoms with E-state index in [0.29, 0.717) is 50.6 Å². The number of nitrogens with zero attached hydrogens (tertiary/aromatic N) is 3. The lowest BCUT2D eigenvalue weighted by Gasteiger charge is -2.39. The molecule has 5 rings (SSSR count).